The molecule has 2 heterocycles. The number of ether oxygens (including phenoxy) is 2. The fourth-order valence-corrected chi connectivity index (χ4v) is 5.00. The molecule has 36 heavy (non-hydrogen) atoms. The molecule has 2 saturated heterocycles. The van der Waals surface area contributed by atoms with Crippen molar-refractivity contribution in [3.8, 4) is 0 Å². The van der Waals surface area contributed by atoms with Gasteiger partial charge in [-0.1, -0.05) is 23.7 Å². The molecule has 3 N–H and O–H groups in total. The van der Waals surface area contributed by atoms with Crippen LogP contribution in [0.15, 0.2) is 24.3 Å². The molecule has 0 saturated carbocycles. The van der Waals surface area contributed by atoms with Crippen LogP contribution in [-0.2, 0) is 25.5 Å². The van der Waals surface area contributed by atoms with Crippen molar-refractivity contribution < 1.29 is 23.9 Å². The Bertz CT molecular complexity index is 976. The number of amides is 3. The van der Waals surface area contributed by atoms with E-state index < -0.39 is 35.0 Å². The number of rotatable bonds is 5. The van der Waals surface area contributed by atoms with E-state index in [9.17, 15) is 14.4 Å². The second-order valence-corrected chi connectivity index (χ2v) is 11.8. The molecule has 3 atom stereocenters. The zero-order chi connectivity index (χ0) is 26.9. The van der Waals surface area contributed by atoms with Crippen LogP contribution < -0.4 is 11.1 Å². The van der Waals surface area contributed by atoms with Crippen molar-refractivity contribution in [1.82, 2.24) is 15.1 Å². The largest absolute Gasteiger partial charge is 0.444 e. The van der Waals surface area contributed by atoms with Gasteiger partial charge in [0.1, 0.15) is 17.4 Å². The van der Waals surface area contributed by atoms with Gasteiger partial charge >= 0.3 is 6.09 Å². The van der Waals surface area contributed by atoms with Crippen molar-refractivity contribution in [3.63, 3.8) is 0 Å². The molecule has 9 nitrogen and oxygen atoms in total. The van der Waals surface area contributed by atoms with Crippen LogP contribution in [-0.4, -0.2) is 76.4 Å². The first-order chi connectivity index (χ1) is 16.6. The quantitative estimate of drug-likeness (QED) is 0.614. The molecule has 2 aliphatic rings. The number of nitrogens with two attached hydrogens (primary N) is 1. The van der Waals surface area contributed by atoms with Gasteiger partial charge < -0.3 is 25.4 Å². The molecule has 0 aromatic heterocycles. The van der Waals surface area contributed by atoms with Gasteiger partial charge in [0.05, 0.1) is 18.2 Å². The molecule has 3 rings (SSSR count). The van der Waals surface area contributed by atoms with Crippen LogP contribution in [0.5, 0.6) is 0 Å². The Hall–Kier alpha value is -2.36. The summed E-state index contributed by atoms with van der Waals surface area (Å²) >= 11 is 6.08. The van der Waals surface area contributed by atoms with E-state index in [1.807, 2.05) is 32.9 Å². The van der Waals surface area contributed by atoms with E-state index in [1.165, 1.54) is 4.90 Å². The van der Waals surface area contributed by atoms with E-state index >= 15 is 0 Å². The second-order valence-electron chi connectivity index (χ2n) is 11.3. The Kier molecular flexibility index (Phi) is 8.27. The standard InChI is InChI=1S/C26H39ClN4O5/c1-17(28)22(33)31-20(15-35-25(31,5)6)21(32)29-26(14-18-8-10-19(27)11-9-18)12-7-13-30(16-26)23(34)36-24(2,3)4/h8-11,17,20H,7,12-16,28H2,1-6H3,(H,29,32)/t17?,20-,26+/m0/s1. The summed E-state index contributed by atoms with van der Waals surface area (Å²) < 4.78 is 11.4. The van der Waals surface area contributed by atoms with E-state index in [0.29, 0.717) is 30.8 Å². The highest BCUT2D eigenvalue weighted by molar-refractivity contribution is 6.30. The van der Waals surface area contributed by atoms with Crippen LogP contribution in [0.25, 0.3) is 0 Å². The zero-order valence-corrected chi connectivity index (χ0v) is 22.9. The van der Waals surface area contributed by atoms with Gasteiger partial charge in [0.25, 0.3) is 0 Å². The number of hydrogen-bond acceptors (Lipinski definition) is 6. The first-order valence-corrected chi connectivity index (χ1v) is 12.8. The molecule has 0 aliphatic carbocycles. The molecule has 10 heteroatoms. The maximum atomic E-state index is 13.7. The molecule has 1 aromatic carbocycles. The smallest absolute Gasteiger partial charge is 0.410 e. The Morgan fingerprint density at radius 2 is 1.89 bits per heavy atom. The molecule has 1 unspecified atom stereocenters. The third kappa shape index (κ3) is 6.69. The highest BCUT2D eigenvalue weighted by Crippen LogP contribution is 2.31. The summed E-state index contributed by atoms with van der Waals surface area (Å²) in [5, 5.41) is 3.83. The minimum Gasteiger partial charge on any atom is -0.444 e. The molecule has 0 spiro atoms. The topological polar surface area (TPSA) is 114 Å². The average molecular weight is 523 g/mol. The number of nitrogens with zero attached hydrogens (tertiary/aromatic N) is 2. The van der Waals surface area contributed by atoms with Crippen molar-refractivity contribution in [1.29, 1.82) is 0 Å². The zero-order valence-electron chi connectivity index (χ0n) is 22.1. The summed E-state index contributed by atoms with van der Waals surface area (Å²) in [4.78, 5) is 42.6. The maximum absolute atomic E-state index is 13.7. The number of likely N-dealkylation sites (tertiary alicyclic amines) is 1. The van der Waals surface area contributed by atoms with Gasteiger partial charge in [-0.3, -0.25) is 14.5 Å². The van der Waals surface area contributed by atoms with Crippen LogP contribution in [0.1, 0.15) is 59.9 Å². The van der Waals surface area contributed by atoms with Gasteiger partial charge in [0, 0.05) is 18.1 Å². The van der Waals surface area contributed by atoms with E-state index in [4.69, 9.17) is 26.8 Å². The van der Waals surface area contributed by atoms with Gasteiger partial charge in [0.15, 0.2) is 0 Å². The summed E-state index contributed by atoms with van der Waals surface area (Å²) in [6.45, 7) is 11.4. The monoisotopic (exact) mass is 522 g/mol. The molecule has 0 radical (unpaired) electrons. The van der Waals surface area contributed by atoms with Crippen LogP contribution in [0, 0.1) is 0 Å². The summed E-state index contributed by atoms with van der Waals surface area (Å²) in [5.74, 6) is -0.696. The normalized spacial score (nSPS) is 24.8. The summed E-state index contributed by atoms with van der Waals surface area (Å²) in [6, 6.07) is 5.82. The van der Waals surface area contributed by atoms with Crippen LogP contribution in [0.4, 0.5) is 4.79 Å². The first kappa shape index (κ1) is 28.2. The predicted octanol–water partition coefficient (Wildman–Crippen LogP) is 3.08. The molecule has 2 fully saturated rings. The summed E-state index contributed by atoms with van der Waals surface area (Å²) in [5.41, 5.74) is 4.48. The maximum Gasteiger partial charge on any atom is 0.410 e. The third-order valence-electron chi connectivity index (χ3n) is 6.49. The first-order valence-electron chi connectivity index (χ1n) is 12.4. The van der Waals surface area contributed by atoms with Crippen LogP contribution >= 0.6 is 11.6 Å². The lowest BCUT2D eigenvalue weighted by Gasteiger charge is -2.44. The number of carbonyl (C=O) groups is 3. The van der Waals surface area contributed by atoms with Gasteiger partial charge in [-0.05, 0) is 78.5 Å². The molecular weight excluding hydrogens is 484 g/mol. The Morgan fingerprint density at radius 3 is 2.47 bits per heavy atom. The highest BCUT2D eigenvalue weighted by atomic mass is 35.5. The molecule has 1 aromatic rings. The lowest BCUT2D eigenvalue weighted by Crippen LogP contribution is -2.65. The number of hydrogen-bond donors (Lipinski definition) is 2. The molecular formula is C26H39ClN4O5. The lowest BCUT2D eigenvalue weighted by molar-refractivity contribution is -0.151. The van der Waals surface area contributed by atoms with E-state index in [1.54, 1.807) is 37.8 Å². The molecule has 2 aliphatic heterocycles. The van der Waals surface area contributed by atoms with Crippen molar-refractivity contribution in [3.05, 3.63) is 34.9 Å². The van der Waals surface area contributed by atoms with E-state index in [0.717, 1.165) is 5.56 Å². The Morgan fingerprint density at radius 1 is 1.25 bits per heavy atom. The van der Waals surface area contributed by atoms with Crippen molar-refractivity contribution in [2.45, 2.75) is 89.8 Å². The molecule has 200 valence electrons. The summed E-state index contributed by atoms with van der Waals surface area (Å²) in [6.07, 6.45) is 1.39. The Labute approximate surface area is 218 Å². The van der Waals surface area contributed by atoms with Crippen LogP contribution in [0.2, 0.25) is 5.02 Å². The fraction of sp³-hybridized carbons (Fsp3) is 0.654. The van der Waals surface area contributed by atoms with Gasteiger partial charge in [-0.15, -0.1) is 0 Å². The number of halogens is 1. The Balaban J connectivity index is 1.89. The van der Waals surface area contributed by atoms with E-state index in [-0.39, 0.29) is 25.0 Å². The molecule has 0 bridgehead atoms. The van der Waals surface area contributed by atoms with Crippen molar-refractivity contribution in [2.24, 2.45) is 5.73 Å². The van der Waals surface area contributed by atoms with Gasteiger partial charge in [-0.2, -0.15) is 0 Å². The minimum absolute atomic E-state index is 0.0596. The van der Waals surface area contributed by atoms with Crippen molar-refractivity contribution in [2.75, 3.05) is 19.7 Å². The highest BCUT2D eigenvalue weighted by Gasteiger charge is 2.49. The third-order valence-corrected chi connectivity index (χ3v) is 6.74. The van der Waals surface area contributed by atoms with Gasteiger partial charge in [0.2, 0.25) is 11.8 Å². The number of nitrogens with one attached hydrogen (secondary N) is 1. The summed E-state index contributed by atoms with van der Waals surface area (Å²) in [7, 11) is 0. The molecule has 3 amide bonds. The lowest BCUT2D eigenvalue weighted by atomic mass is 9.82. The van der Waals surface area contributed by atoms with Crippen molar-refractivity contribution >= 4 is 29.5 Å². The van der Waals surface area contributed by atoms with Crippen LogP contribution in [0.3, 0.4) is 0 Å². The number of carbonyl (C=O) groups excluding carboxylic acids is 3. The van der Waals surface area contributed by atoms with Gasteiger partial charge in [-0.25, -0.2) is 4.79 Å². The number of benzene rings is 1. The fourth-order valence-electron chi connectivity index (χ4n) is 4.88. The average Bonchev–Trinajstić information content (AvgIpc) is 3.08. The number of piperidine rings is 1. The second kappa shape index (κ2) is 10.6. The SMILES string of the molecule is CC(N)C(=O)N1[C@H](C(=O)N[C@@]2(Cc3ccc(Cl)cc3)CCCN(C(=O)OC(C)(C)C)C2)COC1(C)C. The predicted molar refractivity (Wildman–Crippen MR) is 137 cm³/mol. The van der Waals surface area contributed by atoms with E-state index in [2.05, 4.69) is 5.32 Å². The minimum atomic E-state index is -0.967.